The molecule has 3 rings (SSSR count). The van der Waals surface area contributed by atoms with Gasteiger partial charge in [0.25, 0.3) is 11.6 Å². The Morgan fingerprint density at radius 2 is 1.92 bits per heavy atom. The summed E-state index contributed by atoms with van der Waals surface area (Å²) in [5.41, 5.74) is 0.0329. The summed E-state index contributed by atoms with van der Waals surface area (Å²) in [5.74, 6) is -1.17. The van der Waals surface area contributed by atoms with E-state index in [0.29, 0.717) is 11.6 Å². The molecule has 0 radical (unpaired) electrons. The van der Waals surface area contributed by atoms with Gasteiger partial charge in [-0.05, 0) is 36.6 Å². The van der Waals surface area contributed by atoms with E-state index in [1.807, 2.05) is 6.92 Å². The molecule has 26 heavy (non-hydrogen) atoms. The van der Waals surface area contributed by atoms with E-state index in [1.165, 1.54) is 12.1 Å². The van der Waals surface area contributed by atoms with Crippen molar-refractivity contribution in [2.45, 2.75) is 13.3 Å². The summed E-state index contributed by atoms with van der Waals surface area (Å²) in [6, 6.07) is 9.09. The van der Waals surface area contributed by atoms with Crippen LogP contribution in [0.2, 0.25) is 0 Å². The Bertz CT molecular complexity index is 900. The molecule has 1 aliphatic rings. The first-order valence-corrected chi connectivity index (χ1v) is 8.01. The van der Waals surface area contributed by atoms with Crippen LogP contribution >= 0.6 is 0 Å². The molecule has 134 valence electrons. The van der Waals surface area contributed by atoms with Gasteiger partial charge in [0.05, 0.1) is 10.6 Å². The van der Waals surface area contributed by atoms with Crippen molar-refractivity contribution in [2.75, 3.05) is 10.6 Å². The number of halogens is 1. The molecule has 0 spiro atoms. The smallest absolute Gasteiger partial charge is 0.271 e. The van der Waals surface area contributed by atoms with Crippen LogP contribution in [-0.2, 0) is 4.79 Å². The zero-order valence-corrected chi connectivity index (χ0v) is 13.9. The number of benzene rings is 2. The lowest BCUT2D eigenvalue weighted by atomic mass is 10.1. The predicted molar refractivity (Wildman–Crippen MR) is 93.4 cm³/mol. The van der Waals surface area contributed by atoms with E-state index in [0.717, 1.165) is 24.6 Å². The summed E-state index contributed by atoms with van der Waals surface area (Å²) in [7, 11) is 0. The molecule has 0 heterocycles. The van der Waals surface area contributed by atoms with Crippen LogP contribution in [-0.4, -0.2) is 16.7 Å². The maximum absolute atomic E-state index is 13.8. The average molecular weight is 357 g/mol. The lowest BCUT2D eigenvalue weighted by Gasteiger charge is -2.09. The number of hydrogen-bond acceptors (Lipinski definition) is 4. The highest BCUT2D eigenvalue weighted by Crippen LogP contribution is 2.38. The number of non-ortho nitro benzene ring substituents is 1. The van der Waals surface area contributed by atoms with E-state index < -0.39 is 16.6 Å². The molecule has 2 unspecified atom stereocenters. The number of anilines is 2. The molecule has 1 fully saturated rings. The van der Waals surface area contributed by atoms with Crippen LogP contribution in [0.5, 0.6) is 0 Å². The standard InChI is InChI=1S/C18H16FN3O4/c1-10-7-14(10)18(24)20-12-4-2-3-11(8-12)17(23)21-16-9-13(22(25)26)5-6-15(16)19/h2-6,8-10,14H,7H2,1H3,(H,20,24)(H,21,23). The van der Waals surface area contributed by atoms with Gasteiger partial charge in [0.2, 0.25) is 5.91 Å². The quantitative estimate of drug-likeness (QED) is 0.631. The number of nitro benzene ring substituents is 1. The van der Waals surface area contributed by atoms with E-state index in [-0.39, 0.29) is 28.8 Å². The minimum absolute atomic E-state index is 0.00792. The molecule has 2 amide bonds. The maximum Gasteiger partial charge on any atom is 0.271 e. The third-order valence-corrected chi connectivity index (χ3v) is 4.25. The Morgan fingerprint density at radius 3 is 2.58 bits per heavy atom. The Labute approximate surface area is 148 Å². The predicted octanol–water partition coefficient (Wildman–Crippen LogP) is 3.58. The number of carbonyl (C=O) groups is 2. The van der Waals surface area contributed by atoms with E-state index in [1.54, 1.807) is 12.1 Å². The first-order valence-electron chi connectivity index (χ1n) is 8.01. The third-order valence-electron chi connectivity index (χ3n) is 4.25. The molecule has 1 saturated carbocycles. The number of amides is 2. The first-order chi connectivity index (χ1) is 12.3. The minimum Gasteiger partial charge on any atom is -0.326 e. The van der Waals surface area contributed by atoms with E-state index in [4.69, 9.17) is 0 Å². The first kappa shape index (κ1) is 17.5. The van der Waals surface area contributed by atoms with E-state index >= 15 is 0 Å². The van der Waals surface area contributed by atoms with E-state index in [9.17, 15) is 24.1 Å². The zero-order chi connectivity index (χ0) is 18.8. The van der Waals surface area contributed by atoms with Gasteiger partial charge in [-0.15, -0.1) is 0 Å². The molecule has 0 saturated heterocycles. The summed E-state index contributed by atoms with van der Waals surface area (Å²) in [5, 5.41) is 15.8. The summed E-state index contributed by atoms with van der Waals surface area (Å²) < 4.78 is 13.8. The molecule has 2 aromatic rings. The largest absolute Gasteiger partial charge is 0.326 e. The SMILES string of the molecule is CC1CC1C(=O)Nc1cccc(C(=O)Nc2cc([N+](=O)[O-])ccc2F)c1. The van der Waals surface area contributed by atoms with Crippen molar-refractivity contribution in [1.82, 2.24) is 0 Å². The topological polar surface area (TPSA) is 101 Å². The molecule has 8 heteroatoms. The van der Waals surface area contributed by atoms with Crippen LogP contribution in [0, 0.1) is 27.8 Å². The second kappa shape index (κ2) is 6.91. The van der Waals surface area contributed by atoms with Crippen LogP contribution in [0.4, 0.5) is 21.5 Å². The molecule has 0 aliphatic heterocycles. The highest BCUT2D eigenvalue weighted by atomic mass is 19.1. The van der Waals surface area contributed by atoms with Crippen molar-refractivity contribution in [3.05, 3.63) is 64.0 Å². The van der Waals surface area contributed by atoms with Crippen LogP contribution in [0.3, 0.4) is 0 Å². The van der Waals surface area contributed by atoms with Crippen LogP contribution < -0.4 is 10.6 Å². The maximum atomic E-state index is 13.8. The molecule has 2 N–H and O–H groups in total. The van der Waals surface area contributed by atoms with Crippen molar-refractivity contribution in [1.29, 1.82) is 0 Å². The lowest BCUT2D eigenvalue weighted by molar-refractivity contribution is -0.384. The number of carbonyl (C=O) groups excluding carboxylic acids is 2. The number of rotatable bonds is 5. The highest BCUT2D eigenvalue weighted by molar-refractivity contribution is 6.05. The summed E-state index contributed by atoms with van der Waals surface area (Å²) in [6.07, 6.45) is 0.845. The van der Waals surface area contributed by atoms with Crippen LogP contribution in [0.15, 0.2) is 42.5 Å². The summed E-state index contributed by atoms with van der Waals surface area (Å²) in [4.78, 5) is 34.4. The van der Waals surface area contributed by atoms with Crippen molar-refractivity contribution < 1.29 is 18.9 Å². The van der Waals surface area contributed by atoms with Gasteiger partial charge in [0.15, 0.2) is 0 Å². The van der Waals surface area contributed by atoms with Gasteiger partial charge in [-0.1, -0.05) is 13.0 Å². The Morgan fingerprint density at radius 1 is 1.19 bits per heavy atom. The van der Waals surface area contributed by atoms with Crippen molar-refractivity contribution in [3.63, 3.8) is 0 Å². The number of nitrogens with one attached hydrogen (secondary N) is 2. The second-order valence-corrected chi connectivity index (χ2v) is 6.26. The molecular weight excluding hydrogens is 341 g/mol. The Kier molecular flexibility index (Phi) is 4.66. The normalized spacial score (nSPS) is 18.1. The van der Waals surface area contributed by atoms with Crippen molar-refractivity contribution in [3.8, 4) is 0 Å². The molecule has 0 aromatic heterocycles. The van der Waals surface area contributed by atoms with Gasteiger partial charge in [-0.2, -0.15) is 0 Å². The Balaban J connectivity index is 1.74. The monoisotopic (exact) mass is 357 g/mol. The fourth-order valence-corrected chi connectivity index (χ4v) is 2.58. The van der Waals surface area contributed by atoms with Gasteiger partial charge in [-0.3, -0.25) is 19.7 Å². The fourth-order valence-electron chi connectivity index (χ4n) is 2.58. The van der Waals surface area contributed by atoms with Gasteiger partial charge in [-0.25, -0.2) is 4.39 Å². The molecule has 0 bridgehead atoms. The molecule has 2 atom stereocenters. The molecule has 2 aromatic carbocycles. The summed E-state index contributed by atoms with van der Waals surface area (Å²) in [6.45, 7) is 1.99. The number of nitrogens with zero attached hydrogens (tertiary/aromatic N) is 1. The van der Waals surface area contributed by atoms with Gasteiger partial charge in [0, 0.05) is 29.3 Å². The number of hydrogen-bond donors (Lipinski definition) is 2. The zero-order valence-electron chi connectivity index (χ0n) is 13.9. The fraction of sp³-hybridized carbons (Fsp3) is 0.222. The van der Waals surface area contributed by atoms with Gasteiger partial charge < -0.3 is 10.6 Å². The second-order valence-electron chi connectivity index (χ2n) is 6.26. The average Bonchev–Trinajstić information content (AvgIpc) is 3.34. The van der Waals surface area contributed by atoms with Crippen LogP contribution in [0.1, 0.15) is 23.7 Å². The highest BCUT2D eigenvalue weighted by Gasteiger charge is 2.39. The molecule has 1 aliphatic carbocycles. The number of nitro groups is 1. The van der Waals surface area contributed by atoms with Crippen molar-refractivity contribution in [2.24, 2.45) is 11.8 Å². The third kappa shape index (κ3) is 3.85. The molecule has 7 nitrogen and oxygen atoms in total. The lowest BCUT2D eigenvalue weighted by Crippen LogP contribution is -2.16. The van der Waals surface area contributed by atoms with E-state index in [2.05, 4.69) is 10.6 Å². The van der Waals surface area contributed by atoms with Gasteiger partial charge >= 0.3 is 0 Å². The van der Waals surface area contributed by atoms with Crippen molar-refractivity contribution >= 4 is 28.9 Å². The minimum atomic E-state index is -0.781. The van der Waals surface area contributed by atoms with Gasteiger partial charge in [0.1, 0.15) is 5.82 Å². The Hall–Kier alpha value is -3.29. The van der Waals surface area contributed by atoms with Crippen LogP contribution in [0.25, 0.3) is 0 Å². The molecular formula is C18H16FN3O4. The summed E-state index contributed by atoms with van der Waals surface area (Å²) >= 11 is 0.